The van der Waals surface area contributed by atoms with Crippen molar-refractivity contribution < 1.29 is 9.47 Å². The molecule has 0 amide bonds. The third-order valence-corrected chi connectivity index (χ3v) is 4.52. The summed E-state index contributed by atoms with van der Waals surface area (Å²) in [6.45, 7) is 4.07. The van der Waals surface area contributed by atoms with Crippen LogP contribution in [0.1, 0.15) is 29.7 Å². The second-order valence-electron chi connectivity index (χ2n) is 5.56. The normalized spacial score (nSPS) is 12.4. The predicted molar refractivity (Wildman–Crippen MR) is 98.0 cm³/mol. The molecule has 0 saturated carbocycles. The monoisotopic (exact) mass is 377 g/mol. The highest BCUT2D eigenvalue weighted by Gasteiger charge is 2.18. The molecule has 0 aliphatic heterocycles. The summed E-state index contributed by atoms with van der Waals surface area (Å²) in [5.41, 5.74) is 3.58. The first-order chi connectivity index (χ1) is 11.1. The largest absolute Gasteiger partial charge is 0.497 e. The van der Waals surface area contributed by atoms with Crippen molar-refractivity contribution in [3.05, 3.63) is 63.6 Å². The van der Waals surface area contributed by atoms with Gasteiger partial charge in [-0.25, -0.2) is 0 Å². The first kappa shape index (κ1) is 18.0. The maximum absolute atomic E-state index is 5.83. The average Bonchev–Trinajstić information content (AvgIpc) is 2.58. The summed E-state index contributed by atoms with van der Waals surface area (Å²) in [6.07, 6.45) is -0.0985. The number of methoxy groups -OCH3 is 2. The Morgan fingerprint density at radius 1 is 1.09 bits per heavy atom. The van der Waals surface area contributed by atoms with Crippen LogP contribution in [0.2, 0.25) is 0 Å². The van der Waals surface area contributed by atoms with E-state index in [2.05, 4.69) is 65.1 Å². The van der Waals surface area contributed by atoms with E-state index in [1.54, 1.807) is 14.2 Å². The van der Waals surface area contributed by atoms with Crippen molar-refractivity contribution in [3.8, 4) is 5.75 Å². The highest BCUT2D eigenvalue weighted by Crippen LogP contribution is 2.32. The standard InChI is InChI=1S/C19H24BrNO2/c1-5-21(2)13-15-6-9-16(20)12-18(15)19(23-4)14-7-10-17(22-3)11-8-14/h6-12,19H,5,13H2,1-4H3. The van der Waals surface area contributed by atoms with Gasteiger partial charge in [-0.05, 0) is 54.5 Å². The lowest BCUT2D eigenvalue weighted by Gasteiger charge is -2.23. The topological polar surface area (TPSA) is 21.7 Å². The van der Waals surface area contributed by atoms with Gasteiger partial charge in [-0.15, -0.1) is 0 Å². The number of hydrogen-bond acceptors (Lipinski definition) is 3. The maximum atomic E-state index is 5.83. The van der Waals surface area contributed by atoms with Gasteiger partial charge in [-0.3, -0.25) is 0 Å². The van der Waals surface area contributed by atoms with Crippen molar-refractivity contribution in [1.82, 2.24) is 4.90 Å². The molecule has 0 fully saturated rings. The molecule has 3 nitrogen and oxygen atoms in total. The Morgan fingerprint density at radius 2 is 1.78 bits per heavy atom. The van der Waals surface area contributed by atoms with Gasteiger partial charge >= 0.3 is 0 Å². The molecular formula is C19H24BrNO2. The average molecular weight is 378 g/mol. The fourth-order valence-corrected chi connectivity index (χ4v) is 2.96. The molecule has 0 radical (unpaired) electrons. The van der Waals surface area contributed by atoms with E-state index in [9.17, 15) is 0 Å². The first-order valence-electron chi connectivity index (χ1n) is 7.72. The van der Waals surface area contributed by atoms with Crippen LogP contribution in [-0.2, 0) is 11.3 Å². The second kappa shape index (κ2) is 8.48. The van der Waals surface area contributed by atoms with E-state index in [4.69, 9.17) is 9.47 Å². The molecule has 124 valence electrons. The Morgan fingerprint density at radius 3 is 2.35 bits per heavy atom. The Kier molecular flexibility index (Phi) is 6.63. The smallest absolute Gasteiger partial charge is 0.118 e. The van der Waals surface area contributed by atoms with E-state index in [0.29, 0.717) is 0 Å². The van der Waals surface area contributed by atoms with Gasteiger partial charge in [0.1, 0.15) is 11.9 Å². The lowest BCUT2D eigenvalue weighted by Crippen LogP contribution is -2.19. The van der Waals surface area contributed by atoms with E-state index in [0.717, 1.165) is 28.9 Å². The summed E-state index contributed by atoms with van der Waals surface area (Å²) >= 11 is 3.58. The third-order valence-electron chi connectivity index (χ3n) is 4.02. The molecule has 0 spiro atoms. The molecule has 2 rings (SSSR count). The molecule has 1 unspecified atom stereocenters. The molecule has 0 N–H and O–H groups in total. The lowest BCUT2D eigenvalue weighted by molar-refractivity contribution is 0.135. The summed E-state index contributed by atoms with van der Waals surface area (Å²) in [5, 5.41) is 0. The van der Waals surface area contributed by atoms with Gasteiger partial charge in [-0.1, -0.05) is 41.1 Å². The van der Waals surface area contributed by atoms with E-state index in [1.165, 1.54) is 11.1 Å². The van der Waals surface area contributed by atoms with Crippen molar-refractivity contribution in [2.45, 2.75) is 19.6 Å². The van der Waals surface area contributed by atoms with Crippen LogP contribution in [0.5, 0.6) is 5.75 Å². The van der Waals surface area contributed by atoms with Crippen LogP contribution in [0.4, 0.5) is 0 Å². The van der Waals surface area contributed by atoms with Gasteiger partial charge in [0.05, 0.1) is 7.11 Å². The van der Waals surface area contributed by atoms with Crippen molar-refractivity contribution in [2.75, 3.05) is 27.8 Å². The van der Waals surface area contributed by atoms with Gasteiger partial charge in [0.2, 0.25) is 0 Å². The Labute approximate surface area is 147 Å². The zero-order valence-electron chi connectivity index (χ0n) is 14.2. The maximum Gasteiger partial charge on any atom is 0.118 e. The van der Waals surface area contributed by atoms with E-state index < -0.39 is 0 Å². The number of halogens is 1. The van der Waals surface area contributed by atoms with Crippen LogP contribution in [-0.4, -0.2) is 32.7 Å². The molecule has 4 heteroatoms. The van der Waals surface area contributed by atoms with Gasteiger partial charge < -0.3 is 14.4 Å². The van der Waals surface area contributed by atoms with Gasteiger partial charge in [0.15, 0.2) is 0 Å². The van der Waals surface area contributed by atoms with Crippen LogP contribution in [0.25, 0.3) is 0 Å². The Hall–Kier alpha value is -1.36. The third kappa shape index (κ3) is 4.56. The SMILES string of the molecule is CCN(C)Cc1ccc(Br)cc1C(OC)c1ccc(OC)cc1. The van der Waals surface area contributed by atoms with E-state index >= 15 is 0 Å². The quantitative estimate of drug-likeness (QED) is 0.700. The van der Waals surface area contributed by atoms with Crippen molar-refractivity contribution >= 4 is 15.9 Å². The van der Waals surface area contributed by atoms with Crippen LogP contribution in [0.3, 0.4) is 0 Å². The molecule has 0 aromatic heterocycles. The van der Waals surface area contributed by atoms with E-state index in [-0.39, 0.29) is 6.10 Å². The summed E-state index contributed by atoms with van der Waals surface area (Å²) in [4.78, 5) is 2.29. The number of ether oxygens (including phenoxy) is 2. The first-order valence-corrected chi connectivity index (χ1v) is 8.52. The molecule has 0 saturated heterocycles. The fraction of sp³-hybridized carbons (Fsp3) is 0.368. The summed E-state index contributed by atoms with van der Waals surface area (Å²) in [5.74, 6) is 0.851. The summed E-state index contributed by atoms with van der Waals surface area (Å²) in [7, 11) is 5.56. The minimum atomic E-state index is -0.0985. The number of nitrogens with zero attached hydrogens (tertiary/aromatic N) is 1. The highest BCUT2D eigenvalue weighted by molar-refractivity contribution is 9.10. The predicted octanol–water partition coefficient (Wildman–Crippen LogP) is 4.65. The van der Waals surface area contributed by atoms with Gasteiger partial charge in [0, 0.05) is 18.1 Å². The van der Waals surface area contributed by atoms with Crippen LogP contribution >= 0.6 is 15.9 Å². The summed E-state index contributed by atoms with van der Waals surface area (Å²) in [6, 6.07) is 14.5. The zero-order chi connectivity index (χ0) is 16.8. The van der Waals surface area contributed by atoms with Crippen LogP contribution < -0.4 is 4.74 Å². The van der Waals surface area contributed by atoms with Crippen LogP contribution in [0, 0.1) is 0 Å². The molecular weight excluding hydrogens is 354 g/mol. The Bertz CT molecular complexity index is 628. The number of benzene rings is 2. The lowest BCUT2D eigenvalue weighted by atomic mass is 9.96. The zero-order valence-corrected chi connectivity index (χ0v) is 15.8. The molecule has 1 atom stereocenters. The molecule has 2 aromatic carbocycles. The minimum absolute atomic E-state index is 0.0985. The minimum Gasteiger partial charge on any atom is -0.497 e. The molecule has 2 aromatic rings. The van der Waals surface area contributed by atoms with Crippen LogP contribution in [0.15, 0.2) is 46.9 Å². The number of hydrogen-bond donors (Lipinski definition) is 0. The molecule has 0 aliphatic carbocycles. The van der Waals surface area contributed by atoms with E-state index in [1.807, 2.05) is 12.1 Å². The fourth-order valence-electron chi connectivity index (χ4n) is 2.58. The molecule has 0 bridgehead atoms. The van der Waals surface area contributed by atoms with Gasteiger partial charge in [-0.2, -0.15) is 0 Å². The Balaban J connectivity index is 2.40. The molecule has 23 heavy (non-hydrogen) atoms. The highest BCUT2D eigenvalue weighted by atomic mass is 79.9. The second-order valence-corrected chi connectivity index (χ2v) is 6.48. The van der Waals surface area contributed by atoms with Gasteiger partial charge in [0.25, 0.3) is 0 Å². The van der Waals surface area contributed by atoms with Crippen molar-refractivity contribution in [2.24, 2.45) is 0 Å². The number of rotatable bonds is 7. The van der Waals surface area contributed by atoms with Crippen molar-refractivity contribution in [1.29, 1.82) is 0 Å². The molecule has 0 heterocycles. The summed E-state index contributed by atoms with van der Waals surface area (Å²) < 4.78 is 12.1. The molecule has 0 aliphatic rings. The van der Waals surface area contributed by atoms with Crippen molar-refractivity contribution in [3.63, 3.8) is 0 Å².